The predicted octanol–water partition coefficient (Wildman–Crippen LogP) is 4.30. The van der Waals surface area contributed by atoms with Crippen LogP contribution in [0.5, 0.6) is 0 Å². The first kappa shape index (κ1) is 25.6. The monoisotopic (exact) mass is 502 g/mol. The summed E-state index contributed by atoms with van der Waals surface area (Å²) < 4.78 is 0. The van der Waals surface area contributed by atoms with E-state index < -0.39 is 5.91 Å². The van der Waals surface area contributed by atoms with Crippen LogP contribution in [-0.4, -0.2) is 54.3 Å². The first-order chi connectivity index (χ1) is 17.6. The molecule has 0 bridgehead atoms. The molecule has 1 fully saturated rings. The Morgan fingerprint density at radius 1 is 0.806 bits per heavy atom. The van der Waals surface area contributed by atoms with E-state index in [1.54, 1.807) is 12.1 Å². The van der Waals surface area contributed by atoms with E-state index in [1.807, 2.05) is 30.3 Å². The van der Waals surface area contributed by atoms with Gasteiger partial charge in [-0.05, 0) is 28.8 Å². The molecular formula is C29H31ClN4O2. The molecule has 1 saturated heterocycles. The number of carbonyl (C=O) groups is 2. The van der Waals surface area contributed by atoms with Crippen molar-refractivity contribution in [2.75, 3.05) is 32.7 Å². The summed E-state index contributed by atoms with van der Waals surface area (Å²) >= 11 is 6.08. The molecule has 0 aliphatic carbocycles. The lowest BCUT2D eigenvalue weighted by Gasteiger charge is -2.39. The molecular weight excluding hydrogens is 472 g/mol. The maximum Gasteiger partial charge on any atom is 0.262 e. The second-order valence-corrected chi connectivity index (χ2v) is 9.15. The molecule has 0 radical (unpaired) electrons. The lowest BCUT2D eigenvalue weighted by Crippen LogP contribution is -2.49. The second kappa shape index (κ2) is 13.0. The summed E-state index contributed by atoms with van der Waals surface area (Å²) in [6, 6.07) is 28.6. The molecule has 1 aliphatic heterocycles. The molecule has 3 aromatic carbocycles. The van der Waals surface area contributed by atoms with Crippen LogP contribution in [0.1, 0.15) is 29.2 Å². The Morgan fingerprint density at radius 3 is 2.00 bits per heavy atom. The van der Waals surface area contributed by atoms with Gasteiger partial charge in [0.05, 0.1) is 6.04 Å². The van der Waals surface area contributed by atoms with Crippen molar-refractivity contribution in [2.24, 2.45) is 0 Å². The van der Waals surface area contributed by atoms with Gasteiger partial charge >= 0.3 is 0 Å². The van der Waals surface area contributed by atoms with Gasteiger partial charge in [-0.25, -0.2) is 0 Å². The van der Waals surface area contributed by atoms with Gasteiger partial charge in [-0.2, -0.15) is 0 Å². The molecule has 1 aliphatic rings. The van der Waals surface area contributed by atoms with Gasteiger partial charge in [0, 0.05) is 50.2 Å². The summed E-state index contributed by atoms with van der Waals surface area (Å²) in [5.74, 6) is -0.631. The minimum absolute atomic E-state index is 0.215. The van der Waals surface area contributed by atoms with Crippen LogP contribution in [-0.2, 0) is 9.59 Å². The van der Waals surface area contributed by atoms with Crippen molar-refractivity contribution in [2.45, 2.75) is 12.5 Å². The zero-order chi connectivity index (χ0) is 25.2. The van der Waals surface area contributed by atoms with Gasteiger partial charge in [-0.15, -0.1) is 0 Å². The molecule has 186 valence electrons. The Morgan fingerprint density at radius 2 is 1.39 bits per heavy atom. The van der Waals surface area contributed by atoms with E-state index >= 15 is 0 Å². The molecule has 6 nitrogen and oxygen atoms in total. The molecule has 0 saturated carbocycles. The SMILES string of the molecule is O=C(/C=C/c1ccccc1Cl)NNC(=O)CCN1CCN(C(c2ccccc2)c2ccccc2)CC1. The highest BCUT2D eigenvalue weighted by molar-refractivity contribution is 6.32. The van der Waals surface area contributed by atoms with E-state index in [2.05, 4.69) is 69.2 Å². The third-order valence-electron chi connectivity index (χ3n) is 6.30. The van der Waals surface area contributed by atoms with Crippen LogP contribution in [0.25, 0.3) is 6.08 Å². The fourth-order valence-corrected chi connectivity index (χ4v) is 4.60. The highest BCUT2D eigenvalue weighted by Crippen LogP contribution is 2.29. The third-order valence-corrected chi connectivity index (χ3v) is 6.65. The fourth-order valence-electron chi connectivity index (χ4n) is 4.40. The second-order valence-electron chi connectivity index (χ2n) is 8.74. The van der Waals surface area contributed by atoms with E-state index in [-0.39, 0.29) is 11.9 Å². The Hall–Kier alpha value is -3.45. The number of nitrogens with zero attached hydrogens (tertiary/aromatic N) is 2. The summed E-state index contributed by atoms with van der Waals surface area (Å²) in [6.45, 7) is 4.25. The largest absolute Gasteiger partial charge is 0.300 e. The lowest BCUT2D eigenvalue weighted by atomic mass is 9.96. The normalized spacial score (nSPS) is 14.7. The van der Waals surface area contributed by atoms with Gasteiger partial charge in [-0.1, -0.05) is 90.5 Å². The van der Waals surface area contributed by atoms with E-state index in [4.69, 9.17) is 11.6 Å². The van der Waals surface area contributed by atoms with Crippen molar-refractivity contribution in [1.29, 1.82) is 0 Å². The highest BCUT2D eigenvalue weighted by Gasteiger charge is 2.26. The highest BCUT2D eigenvalue weighted by atomic mass is 35.5. The standard InChI is InChI=1S/C29H31ClN4O2/c30-26-14-8-7-9-23(26)15-16-27(35)31-32-28(36)17-18-33-19-21-34(22-20-33)29(24-10-3-1-4-11-24)25-12-5-2-6-13-25/h1-16,29H,17-22H2,(H,31,35)(H,32,36)/b16-15+. The number of hydrazine groups is 1. The molecule has 0 spiro atoms. The molecule has 1 heterocycles. The number of halogens is 1. The quantitative estimate of drug-likeness (QED) is 0.356. The number of hydrogen-bond acceptors (Lipinski definition) is 4. The molecule has 7 heteroatoms. The Kier molecular flexibility index (Phi) is 9.27. The predicted molar refractivity (Wildman–Crippen MR) is 144 cm³/mol. The maximum atomic E-state index is 12.3. The summed E-state index contributed by atoms with van der Waals surface area (Å²) in [5.41, 5.74) is 8.22. The minimum Gasteiger partial charge on any atom is -0.300 e. The number of benzene rings is 3. The number of carbonyl (C=O) groups excluding carboxylic acids is 2. The van der Waals surface area contributed by atoms with Crippen LogP contribution in [0.3, 0.4) is 0 Å². The number of rotatable bonds is 8. The van der Waals surface area contributed by atoms with Crippen molar-refractivity contribution in [3.63, 3.8) is 0 Å². The van der Waals surface area contributed by atoms with Gasteiger partial charge in [0.15, 0.2) is 0 Å². The lowest BCUT2D eigenvalue weighted by molar-refractivity contribution is -0.127. The molecule has 0 aromatic heterocycles. The molecule has 36 heavy (non-hydrogen) atoms. The van der Waals surface area contributed by atoms with Gasteiger partial charge < -0.3 is 4.90 Å². The third kappa shape index (κ3) is 7.28. The van der Waals surface area contributed by atoms with E-state index in [0.717, 1.165) is 31.7 Å². The number of nitrogens with one attached hydrogen (secondary N) is 2. The number of amides is 2. The Bertz CT molecular complexity index is 1120. The number of hydrogen-bond donors (Lipinski definition) is 2. The summed E-state index contributed by atoms with van der Waals surface area (Å²) in [5, 5.41) is 0.560. The van der Waals surface area contributed by atoms with Crippen LogP contribution in [0.4, 0.5) is 0 Å². The van der Waals surface area contributed by atoms with Crippen LogP contribution in [0.2, 0.25) is 5.02 Å². The van der Waals surface area contributed by atoms with E-state index in [1.165, 1.54) is 17.2 Å². The van der Waals surface area contributed by atoms with Gasteiger partial charge in [0.25, 0.3) is 5.91 Å². The van der Waals surface area contributed by atoms with Gasteiger partial charge in [-0.3, -0.25) is 25.3 Å². The Balaban J connectivity index is 1.22. The maximum absolute atomic E-state index is 12.3. The number of piperazine rings is 1. The Labute approximate surface area is 217 Å². The molecule has 4 rings (SSSR count). The van der Waals surface area contributed by atoms with Crippen molar-refractivity contribution in [3.05, 3.63) is 113 Å². The first-order valence-electron chi connectivity index (χ1n) is 12.2. The van der Waals surface area contributed by atoms with Gasteiger partial charge in [0.2, 0.25) is 5.91 Å². The topological polar surface area (TPSA) is 64.7 Å². The zero-order valence-corrected chi connectivity index (χ0v) is 20.9. The average molecular weight is 503 g/mol. The molecule has 0 atom stereocenters. The van der Waals surface area contributed by atoms with Gasteiger partial charge in [0.1, 0.15) is 0 Å². The van der Waals surface area contributed by atoms with Crippen LogP contribution in [0.15, 0.2) is 91.0 Å². The molecule has 2 N–H and O–H groups in total. The zero-order valence-electron chi connectivity index (χ0n) is 20.1. The van der Waals surface area contributed by atoms with Crippen molar-refractivity contribution in [1.82, 2.24) is 20.7 Å². The smallest absolute Gasteiger partial charge is 0.262 e. The average Bonchev–Trinajstić information content (AvgIpc) is 2.92. The van der Waals surface area contributed by atoms with Crippen LogP contribution >= 0.6 is 11.6 Å². The first-order valence-corrected chi connectivity index (χ1v) is 12.6. The van der Waals surface area contributed by atoms with Crippen LogP contribution < -0.4 is 10.9 Å². The summed E-state index contributed by atoms with van der Waals surface area (Å²) in [6.07, 6.45) is 3.27. The fraction of sp³-hybridized carbons (Fsp3) is 0.241. The van der Waals surface area contributed by atoms with Crippen molar-refractivity contribution >= 4 is 29.5 Å². The van der Waals surface area contributed by atoms with Crippen molar-refractivity contribution < 1.29 is 9.59 Å². The molecule has 3 aromatic rings. The molecule has 0 unspecified atom stereocenters. The van der Waals surface area contributed by atoms with E-state index in [0.29, 0.717) is 18.0 Å². The molecule has 2 amide bonds. The van der Waals surface area contributed by atoms with Crippen LogP contribution in [0, 0.1) is 0 Å². The van der Waals surface area contributed by atoms with E-state index in [9.17, 15) is 9.59 Å². The summed E-state index contributed by atoms with van der Waals surface area (Å²) in [7, 11) is 0. The summed E-state index contributed by atoms with van der Waals surface area (Å²) in [4.78, 5) is 29.1. The van der Waals surface area contributed by atoms with Crippen molar-refractivity contribution in [3.8, 4) is 0 Å². The minimum atomic E-state index is -0.412.